The molecule has 0 saturated carbocycles. The molecule has 0 radical (unpaired) electrons. The number of nitrogens with zero attached hydrogens (tertiary/aromatic N) is 2. The number of rotatable bonds is 1. The first kappa shape index (κ1) is 12.4. The van der Waals surface area contributed by atoms with Crippen LogP contribution in [0.5, 0.6) is 0 Å². The smallest absolute Gasteiger partial charge is 0.137 e. The number of aromatic amines is 1. The van der Waals surface area contributed by atoms with Gasteiger partial charge in [0.2, 0.25) is 0 Å². The van der Waals surface area contributed by atoms with Crippen molar-refractivity contribution < 1.29 is 0 Å². The van der Waals surface area contributed by atoms with Crippen molar-refractivity contribution in [3.05, 3.63) is 41.7 Å². The quantitative estimate of drug-likeness (QED) is 0.848. The van der Waals surface area contributed by atoms with E-state index in [2.05, 4.69) is 54.9 Å². The van der Waals surface area contributed by atoms with Gasteiger partial charge in [-0.3, -0.25) is 4.90 Å². The molecule has 2 heterocycles. The number of aromatic nitrogens is 2. The summed E-state index contributed by atoms with van der Waals surface area (Å²) < 4.78 is 0. The van der Waals surface area contributed by atoms with Crippen LogP contribution < -0.4 is 0 Å². The summed E-state index contributed by atoms with van der Waals surface area (Å²) in [6.07, 6.45) is 1.04. The molecule has 1 aromatic carbocycles. The summed E-state index contributed by atoms with van der Waals surface area (Å²) in [6, 6.07) is 10.3. The number of nitrogens with one attached hydrogen (secondary N) is 1. The van der Waals surface area contributed by atoms with Crippen LogP contribution in [0.1, 0.15) is 32.2 Å². The Labute approximate surface area is 114 Å². The van der Waals surface area contributed by atoms with Gasteiger partial charge in [0.15, 0.2) is 0 Å². The second-order valence-electron chi connectivity index (χ2n) is 6.22. The Morgan fingerprint density at radius 3 is 2.58 bits per heavy atom. The molecule has 100 valence electrons. The lowest BCUT2D eigenvalue weighted by Gasteiger charge is -2.37. The number of fused-ring (bicyclic) bond motifs is 1. The maximum absolute atomic E-state index is 4.76. The molecule has 3 heteroatoms. The Hall–Kier alpha value is -1.61. The summed E-state index contributed by atoms with van der Waals surface area (Å²) in [5, 5.41) is 0. The third-order valence-electron chi connectivity index (χ3n) is 3.83. The molecule has 1 N–H and O–H groups in total. The molecule has 0 bridgehead atoms. The van der Waals surface area contributed by atoms with Gasteiger partial charge in [-0.15, -0.1) is 0 Å². The zero-order valence-corrected chi connectivity index (χ0v) is 11.9. The normalized spacial score (nSPS) is 16.4. The molecule has 0 unspecified atom stereocenters. The molecule has 1 aromatic heterocycles. The lowest BCUT2D eigenvalue weighted by Crippen LogP contribution is -2.44. The highest BCUT2D eigenvalue weighted by atomic mass is 15.2. The molecule has 0 amide bonds. The van der Waals surface area contributed by atoms with Gasteiger partial charge in [0, 0.05) is 30.6 Å². The van der Waals surface area contributed by atoms with Gasteiger partial charge in [0.05, 0.1) is 11.4 Å². The Balaban J connectivity index is 1.89. The number of hydrogen-bond donors (Lipinski definition) is 1. The average Bonchev–Trinajstić information content (AvgIpc) is 2.81. The minimum absolute atomic E-state index is 0.218. The second kappa shape index (κ2) is 4.49. The van der Waals surface area contributed by atoms with Crippen LogP contribution in [0.2, 0.25) is 0 Å². The van der Waals surface area contributed by atoms with Crippen LogP contribution >= 0.6 is 0 Å². The van der Waals surface area contributed by atoms with Crippen molar-refractivity contribution in [2.45, 2.75) is 39.3 Å². The molecule has 2 aromatic rings. The first-order valence-electron chi connectivity index (χ1n) is 6.92. The summed E-state index contributed by atoms with van der Waals surface area (Å²) in [6.45, 7) is 8.87. The van der Waals surface area contributed by atoms with Gasteiger partial charge < -0.3 is 4.98 Å². The Morgan fingerprint density at radius 2 is 1.89 bits per heavy atom. The van der Waals surface area contributed by atoms with Gasteiger partial charge >= 0.3 is 0 Å². The van der Waals surface area contributed by atoms with E-state index in [1.54, 1.807) is 0 Å². The maximum atomic E-state index is 4.76. The molecule has 1 aliphatic rings. The van der Waals surface area contributed by atoms with E-state index in [1.807, 2.05) is 6.07 Å². The lowest BCUT2D eigenvalue weighted by molar-refractivity contribution is 0.118. The Bertz CT molecular complexity index is 563. The van der Waals surface area contributed by atoms with E-state index in [4.69, 9.17) is 4.98 Å². The largest absolute Gasteiger partial charge is 0.341 e. The van der Waals surface area contributed by atoms with Gasteiger partial charge in [0.1, 0.15) is 5.82 Å². The molecule has 0 saturated heterocycles. The van der Waals surface area contributed by atoms with Crippen LogP contribution in [-0.4, -0.2) is 27.0 Å². The van der Waals surface area contributed by atoms with E-state index >= 15 is 0 Å². The summed E-state index contributed by atoms with van der Waals surface area (Å²) in [7, 11) is 0. The molecule has 0 spiro atoms. The fourth-order valence-corrected chi connectivity index (χ4v) is 2.60. The first-order valence-corrected chi connectivity index (χ1v) is 6.92. The van der Waals surface area contributed by atoms with E-state index in [-0.39, 0.29) is 5.54 Å². The van der Waals surface area contributed by atoms with Crippen molar-refractivity contribution in [2.24, 2.45) is 0 Å². The zero-order valence-electron chi connectivity index (χ0n) is 11.9. The van der Waals surface area contributed by atoms with Gasteiger partial charge in [-0.25, -0.2) is 4.98 Å². The van der Waals surface area contributed by atoms with E-state index in [1.165, 1.54) is 17.0 Å². The van der Waals surface area contributed by atoms with Crippen molar-refractivity contribution in [2.75, 3.05) is 6.54 Å². The molecule has 19 heavy (non-hydrogen) atoms. The molecule has 0 fully saturated rings. The Kier molecular flexibility index (Phi) is 2.94. The molecular weight excluding hydrogens is 234 g/mol. The molecule has 3 rings (SSSR count). The molecule has 0 aliphatic carbocycles. The molecule has 3 nitrogen and oxygen atoms in total. The molecular formula is C16H21N3. The molecule has 0 atom stereocenters. The van der Waals surface area contributed by atoms with E-state index < -0.39 is 0 Å². The molecule has 1 aliphatic heterocycles. The first-order chi connectivity index (χ1) is 9.04. The van der Waals surface area contributed by atoms with E-state index in [0.717, 1.165) is 25.3 Å². The van der Waals surface area contributed by atoms with Crippen LogP contribution in [0.25, 0.3) is 11.4 Å². The second-order valence-corrected chi connectivity index (χ2v) is 6.22. The third kappa shape index (κ3) is 2.43. The lowest BCUT2D eigenvalue weighted by atomic mass is 10.0. The highest BCUT2D eigenvalue weighted by molar-refractivity contribution is 5.55. The maximum Gasteiger partial charge on any atom is 0.137 e. The standard InChI is InChI=1S/C16H21N3/c1-16(2,3)19-10-9-13-14(11-19)18-15(17-13)12-7-5-4-6-8-12/h4-8H,9-11H2,1-3H3,(H,17,18). The van der Waals surface area contributed by atoms with Crippen LogP contribution in [0.4, 0.5) is 0 Å². The van der Waals surface area contributed by atoms with Gasteiger partial charge in [-0.05, 0) is 20.8 Å². The predicted octanol–water partition coefficient (Wildman–Crippen LogP) is 3.23. The van der Waals surface area contributed by atoms with Crippen molar-refractivity contribution in [3.8, 4) is 11.4 Å². The monoisotopic (exact) mass is 255 g/mol. The fraction of sp³-hybridized carbons (Fsp3) is 0.438. The van der Waals surface area contributed by atoms with E-state index in [0.29, 0.717) is 0 Å². The van der Waals surface area contributed by atoms with Crippen molar-refractivity contribution in [3.63, 3.8) is 0 Å². The third-order valence-corrected chi connectivity index (χ3v) is 3.83. The number of benzene rings is 1. The SMILES string of the molecule is CC(C)(C)N1CCc2nc(-c3ccccc3)[nH]c2C1. The zero-order chi connectivity index (χ0) is 13.5. The highest BCUT2D eigenvalue weighted by Gasteiger charge is 2.27. The van der Waals surface area contributed by atoms with Crippen LogP contribution in [-0.2, 0) is 13.0 Å². The van der Waals surface area contributed by atoms with Gasteiger partial charge in [-0.1, -0.05) is 30.3 Å². The van der Waals surface area contributed by atoms with Crippen molar-refractivity contribution in [1.29, 1.82) is 0 Å². The van der Waals surface area contributed by atoms with Crippen LogP contribution in [0, 0.1) is 0 Å². The van der Waals surface area contributed by atoms with E-state index in [9.17, 15) is 0 Å². The summed E-state index contributed by atoms with van der Waals surface area (Å²) in [4.78, 5) is 10.8. The minimum Gasteiger partial charge on any atom is -0.341 e. The number of imidazole rings is 1. The highest BCUT2D eigenvalue weighted by Crippen LogP contribution is 2.26. The predicted molar refractivity (Wildman–Crippen MR) is 77.9 cm³/mol. The topological polar surface area (TPSA) is 31.9 Å². The van der Waals surface area contributed by atoms with Gasteiger partial charge in [-0.2, -0.15) is 0 Å². The minimum atomic E-state index is 0.218. The number of hydrogen-bond acceptors (Lipinski definition) is 2. The Morgan fingerprint density at radius 1 is 1.16 bits per heavy atom. The van der Waals surface area contributed by atoms with Crippen molar-refractivity contribution in [1.82, 2.24) is 14.9 Å². The summed E-state index contributed by atoms with van der Waals surface area (Å²) in [5.74, 6) is 1.00. The van der Waals surface area contributed by atoms with Crippen LogP contribution in [0.3, 0.4) is 0 Å². The summed E-state index contributed by atoms with van der Waals surface area (Å²) in [5.41, 5.74) is 3.90. The van der Waals surface area contributed by atoms with Crippen molar-refractivity contribution >= 4 is 0 Å². The number of H-pyrrole nitrogens is 1. The van der Waals surface area contributed by atoms with Gasteiger partial charge in [0.25, 0.3) is 0 Å². The average molecular weight is 255 g/mol. The fourth-order valence-electron chi connectivity index (χ4n) is 2.60. The summed E-state index contributed by atoms with van der Waals surface area (Å²) >= 11 is 0. The van der Waals surface area contributed by atoms with Crippen LogP contribution in [0.15, 0.2) is 30.3 Å².